The summed E-state index contributed by atoms with van der Waals surface area (Å²) >= 11 is 1.24. The van der Waals surface area contributed by atoms with E-state index in [1.165, 1.54) is 23.5 Å². The third-order valence-electron chi connectivity index (χ3n) is 4.41. The number of halogens is 1. The lowest BCUT2D eigenvalue weighted by Gasteiger charge is -2.09. The van der Waals surface area contributed by atoms with Crippen LogP contribution in [-0.4, -0.2) is 11.8 Å². The van der Waals surface area contributed by atoms with Gasteiger partial charge < -0.3 is 15.4 Å². The average molecular weight is 410 g/mol. The van der Waals surface area contributed by atoms with Crippen LogP contribution in [0, 0.1) is 11.7 Å². The summed E-state index contributed by atoms with van der Waals surface area (Å²) in [7, 11) is 0. The lowest BCUT2D eigenvalue weighted by Crippen LogP contribution is -2.12. The van der Waals surface area contributed by atoms with Crippen molar-refractivity contribution in [3.8, 4) is 5.75 Å². The number of benzene rings is 2. The van der Waals surface area contributed by atoms with E-state index in [1.54, 1.807) is 48.5 Å². The summed E-state index contributed by atoms with van der Waals surface area (Å²) in [6.07, 6.45) is 1.87. The van der Waals surface area contributed by atoms with E-state index in [4.69, 9.17) is 4.74 Å². The number of thiophene rings is 1. The minimum Gasteiger partial charge on any atom is -0.489 e. The Kier molecular flexibility index (Phi) is 5.57. The molecular formula is C22H19FN2O3S. The standard InChI is InChI=1S/C22H19FN2O3S/c23-16-4-1-3-14(11-16)13-28-18-6-2-5-17(12-18)24-22(27)19-9-10-20(29-19)25-21(26)15-7-8-15/h1-6,9-12,15H,7-8,13H2,(H,24,27)(H,25,26). The SMILES string of the molecule is O=C(Nc1cccc(OCc2cccc(F)c2)c1)c1ccc(NC(=O)C2CC2)s1. The summed E-state index contributed by atoms with van der Waals surface area (Å²) in [6.45, 7) is 0.226. The molecule has 2 aromatic carbocycles. The highest BCUT2D eigenvalue weighted by atomic mass is 32.1. The van der Waals surface area contributed by atoms with Crippen molar-refractivity contribution in [1.82, 2.24) is 0 Å². The highest BCUT2D eigenvalue weighted by Gasteiger charge is 2.29. The van der Waals surface area contributed by atoms with Crippen LogP contribution in [0.25, 0.3) is 0 Å². The Labute approximate surface area is 171 Å². The molecule has 0 unspecified atom stereocenters. The second-order valence-electron chi connectivity index (χ2n) is 6.83. The fourth-order valence-electron chi connectivity index (χ4n) is 2.75. The molecule has 7 heteroatoms. The second kappa shape index (κ2) is 8.45. The smallest absolute Gasteiger partial charge is 0.265 e. The minimum absolute atomic E-state index is 0.0157. The summed E-state index contributed by atoms with van der Waals surface area (Å²) in [6, 6.07) is 16.6. The van der Waals surface area contributed by atoms with Gasteiger partial charge >= 0.3 is 0 Å². The molecule has 2 amide bonds. The molecule has 1 aliphatic rings. The molecule has 1 aromatic heterocycles. The first-order valence-electron chi connectivity index (χ1n) is 9.26. The van der Waals surface area contributed by atoms with Gasteiger partial charge in [0.2, 0.25) is 5.91 Å². The van der Waals surface area contributed by atoms with Crippen molar-refractivity contribution >= 4 is 33.8 Å². The zero-order valence-electron chi connectivity index (χ0n) is 15.5. The molecule has 0 spiro atoms. The number of rotatable bonds is 7. The molecule has 0 atom stereocenters. The number of anilines is 2. The Hall–Kier alpha value is -3.19. The third kappa shape index (κ3) is 5.20. The summed E-state index contributed by atoms with van der Waals surface area (Å²) < 4.78 is 18.9. The van der Waals surface area contributed by atoms with Gasteiger partial charge in [-0.3, -0.25) is 9.59 Å². The zero-order chi connectivity index (χ0) is 20.2. The van der Waals surface area contributed by atoms with E-state index in [0.717, 1.165) is 18.4 Å². The van der Waals surface area contributed by atoms with Crippen LogP contribution < -0.4 is 15.4 Å². The molecule has 0 bridgehead atoms. The van der Waals surface area contributed by atoms with E-state index >= 15 is 0 Å². The van der Waals surface area contributed by atoms with Crippen LogP contribution in [0.1, 0.15) is 28.1 Å². The van der Waals surface area contributed by atoms with Crippen molar-refractivity contribution in [2.75, 3.05) is 10.6 Å². The molecule has 1 saturated carbocycles. The van der Waals surface area contributed by atoms with Crippen LogP contribution >= 0.6 is 11.3 Å². The minimum atomic E-state index is -0.309. The Morgan fingerprint density at radius 1 is 1.03 bits per heavy atom. The molecule has 0 aliphatic heterocycles. The number of ether oxygens (including phenoxy) is 1. The van der Waals surface area contributed by atoms with E-state index in [2.05, 4.69) is 10.6 Å². The maximum Gasteiger partial charge on any atom is 0.265 e. The Balaban J connectivity index is 1.35. The van der Waals surface area contributed by atoms with Crippen molar-refractivity contribution in [2.24, 2.45) is 5.92 Å². The van der Waals surface area contributed by atoms with E-state index in [0.29, 0.717) is 21.3 Å². The van der Waals surface area contributed by atoms with Gasteiger partial charge in [-0.1, -0.05) is 18.2 Å². The van der Waals surface area contributed by atoms with Crippen molar-refractivity contribution in [1.29, 1.82) is 0 Å². The molecule has 3 aromatic rings. The van der Waals surface area contributed by atoms with Crippen molar-refractivity contribution in [2.45, 2.75) is 19.4 Å². The molecule has 5 nitrogen and oxygen atoms in total. The topological polar surface area (TPSA) is 67.4 Å². The predicted octanol–water partition coefficient (Wildman–Crippen LogP) is 5.07. The lowest BCUT2D eigenvalue weighted by atomic mass is 10.2. The molecule has 1 fully saturated rings. The Morgan fingerprint density at radius 2 is 1.86 bits per heavy atom. The van der Waals surface area contributed by atoms with Crippen molar-refractivity contribution in [3.05, 3.63) is 76.9 Å². The molecule has 0 radical (unpaired) electrons. The van der Waals surface area contributed by atoms with Gasteiger partial charge in [-0.05, 0) is 54.8 Å². The molecule has 2 N–H and O–H groups in total. The summed E-state index contributed by atoms with van der Waals surface area (Å²) in [5, 5.41) is 6.33. The van der Waals surface area contributed by atoms with E-state index in [-0.39, 0.29) is 30.2 Å². The van der Waals surface area contributed by atoms with E-state index in [1.807, 2.05) is 0 Å². The maximum atomic E-state index is 13.3. The van der Waals surface area contributed by atoms with Crippen molar-refractivity contribution in [3.63, 3.8) is 0 Å². The van der Waals surface area contributed by atoms with Crippen LogP contribution in [0.2, 0.25) is 0 Å². The maximum absolute atomic E-state index is 13.3. The zero-order valence-corrected chi connectivity index (χ0v) is 16.3. The van der Waals surface area contributed by atoms with Gasteiger partial charge in [-0.15, -0.1) is 11.3 Å². The van der Waals surface area contributed by atoms with Gasteiger partial charge in [-0.25, -0.2) is 4.39 Å². The molecule has 0 saturated heterocycles. The van der Waals surface area contributed by atoms with Gasteiger partial charge in [0, 0.05) is 17.7 Å². The summed E-state index contributed by atoms with van der Waals surface area (Å²) in [5.74, 6) is 0.127. The largest absolute Gasteiger partial charge is 0.489 e. The van der Waals surface area contributed by atoms with Crippen LogP contribution in [-0.2, 0) is 11.4 Å². The Morgan fingerprint density at radius 3 is 2.66 bits per heavy atom. The fourth-order valence-corrected chi connectivity index (χ4v) is 3.55. The number of amides is 2. The third-order valence-corrected chi connectivity index (χ3v) is 5.41. The number of carbonyl (C=O) groups is 2. The predicted molar refractivity (Wildman–Crippen MR) is 111 cm³/mol. The van der Waals surface area contributed by atoms with E-state index in [9.17, 15) is 14.0 Å². The second-order valence-corrected chi connectivity index (χ2v) is 7.91. The molecule has 4 rings (SSSR count). The first kappa shape index (κ1) is 19.1. The van der Waals surface area contributed by atoms with Crippen molar-refractivity contribution < 1.29 is 18.7 Å². The number of hydrogen-bond donors (Lipinski definition) is 2. The first-order valence-corrected chi connectivity index (χ1v) is 10.1. The molecule has 148 valence electrons. The van der Waals surface area contributed by atoms with Gasteiger partial charge in [0.1, 0.15) is 18.2 Å². The van der Waals surface area contributed by atoms with Gasteiger partial charge in [0.25, 0.3) is 5.91 Å². The fraction of sp³-hybridized carbons (Fsp3) is 0.182. The normalized spacial score (nSPS) is 13.0. The first-order chi connectivity index (χ1) is 14.1. The molecular weight excluding hydrogens is 391 g/mol. The summed E-state index contributed by atoms with van der Waals surface area (Å²) in [5.41, 5.74) is 1.31. The van der Waals surface area contributed by atoms with Gasteiger partial charge in [0.05, 0.1) is 9.88 Å². The van der Waals surface area contributed by atoms with Crippen LogP contribution in [0.5, 0.6) is 5.75 Å². The van der Waals surface area contributed by atoms with Gasteiger partial charge in [-0.2, -0.15) is 0 Å². The number of nitrogens with one attached hydrogen (secondary N) is 2. The Bertz CT molecular complexity index is 1050. The van der Waals surface area contributed by atoms with Gasteiger partial charge in [0.15, 0.2) is 0 Å². The average Bonchev–Trinajstić information content (AvgIpc) is 3.46. The lowest BCUT2D eigenvalue weighted by molar-refractivity contribution is -0.117. The number of carbonyl (C=O) groups excluding carboxylic acids is 2. The number of hydrogen-bond acceptors (Lipinski definition) is 4. The molecule has 29 heavy (non-hydrogen) atoms. The highest BCUT2D eigenvalue weighted by molar-refractivity contribution is 7.18. The summed E-state index contributed by atoms with van der Waals surface area (Å²) in [4.78, 5) is 24.8. The molecule has 1 heterocycles. The highest BCUT2D eigenvalue weighted by Crippen LogP contribution is 2.32. The monoisotopic (exact) mass is 410 g/mol. The molecule has 1 aliphatic carbocycles. The van der Waals surface area contributed by atoms with Crippen LogP contribution in [0.3, 0.4) is 0 Å². The van der Waals surface area contributed by atoms with Crippen LogP contribution in [0.4, 0.5) is 15.1 Å². The van der Waals surface area contributed by atoms with Crippen LogP contribution in [0.15, 0.2) is 60.7 Å². The quantitative estimate of drug-likeness (QED) is 0.572. The van der Waals surface area contributed by atoms with E-state index < -0.39 is 0 Å².